The van der Waals surface area contributed by atoms with E-state index in [0.29, 0.717) is 18.1 Å². The average molecular weight is 360 g/mol. The predicted molar refractivity (Wildman–Crippen MR) is 102 cm³/mol. The van der Waals surface area contributed by atoms with Crippen molar-refractivity contribution in [3.63, 3.8) is 0 Å². The molecule has 0 atom stereocenters. The van der Waals surface area contributed by atoms with Gasteiger partial charge in [0.1, 0.15) is 23.9 Å². The zero-order chi connectivity index (χ0) is 18.4. The minimum Gasteiger partial charge on any atom is -0.493 e. The molecule has 5 heteroatoms. The molecule has 0 unspecified atom stereocenters. The average Bonchev–Trinajstić information content (AvgIpc) is 2.58. The summed E-state index contributed by atoms with van der Waals surface area (Å²) >= 11 is 1.03. The van der Waals surface area contributed by atoms with E-state index in [9.17, 15) is 4.79 Å². The van der Waals surface area contributed by atoms with Crippen LogP contribution >= 0.6 is 11.8 Å². The zero-order valence-electron chi connectivity index (χ0n) is 15.3. The molecule has 0 N–H and O–H groups in total. The van der Waals surface area contributed by atoms with Crippen LogP contribution in [0.4, 0.5) is 4.79 Å². The monoisotopic (exact) mass is 360 g/mol. The van der Waals surface area contributed by atoms with Crippen LogP contribution in [0.1, 0.15) is 29.2 Å². The van der Waals surface area contributed by atoms with Crippen LogP contribution in [0.3, 0.4) is 0 Å². The van der Waals surface area contributed by atoms with Gasteiger partial charge in [-0.05, 0) is 80.6 Å². The van der Waals surface area contributed by atoms with Gasteiger partial charge in [0.2, 0.25) is 0 Å². The number of carbonyl (C=O) groups excluding carboxylic acids is 1. The molecule has 25 heavy (non-hydrogen) atoms. The Hall–Kier alpha value is -2.14. The molecule has 2 aromatic carbocycles. The topological polar surface area (TPSA) is 44.8 Å². The lowest BCUT2D eigenvalue weighted by molar-refractivity contribution is 0.224. The van der Waals surface area contributed by atoms with Crippen LogP contribution in [0.25, 0.3) is 0 Å². The number of hydrogen-bond acceptors (Lipinski definition) is 5. The van der Waals surface area contributed by atoms with Crippen molar-refractivity contribution in [1.82, 2.24) is 0 Å². The molecule has 0 aromatic heterocycles. The van der Waals surface area contributed by atoms with Crippen molar-refractivity contribution >= 4 is 17.1 Å². The van der Waals surface area contributed by atoms with Crippen LogP contribution in [0, 0.1) is 20.8 Å². The highest BCUT2D eigenvalue weighted by Gasteiger charge is 2.15. The Balaban J connectivity index is 2.30. The van der Waals surface area contributed by atoms with Gasteiger partial charge in [-0.2, -0.15) is 0 Å². The van der Waals surface area contributed by atoms with Gasteiger partial charge in [0, 0.05) is 0 Å². The van der Waals surface area contributed by atoms with Crippen molar-refractivity contribution < 1.29 is 19.0 Å². The van der Waals surface area contributed by atoms with Crippen molar-refractivity contribution in [2.75, 3.05) is 12.9 Å². The SMILES string of the molecule is CCOc1cccc(OC(=O)SC)c1COc1cc(C)c(C)cc1C. The molecule has 0 heterocycles. The number of carbonyl (C=O) groups is 1. The summed E-state index contributed by atoms with van der Waals surface area (Å²) in [6, 6.07) is 9.54. The van der Waals surface area contributed by atoms with Gasteiger partial charge in [0.25, 0.3) is 0 Å². The molecule has 134 valence electrons. The summed E-state index contributed by atoms with van der Waals surface area (Å²) in [5, 5.41) is -0.364. The van der Waals surface area contributed by atoms with E-state index < -0.39 is 0 Å². The van der Waals surface area contributed by atoms with Crippen LogP contribution in [-0.2, 0) is 6.61 Å². The third kappa shape index (κ3) is 4.92. The molecular formula is C20H24O4S. The lowest BCUT2D eigenvalue weighted by atomic mass is 10.1. The van der Waals surface area contributed by atoms with E-state index in [1.54, 1.807) is 18.4 Å². The summed E-state index contributed by atoms with van der Waals surface area (Å²) < 4.78 is 17.1. The van der Waals surface area contributed by atoms with Gasteiger partial charge < -0.3 is 14.2 Å². The molecule has 2 aromatic rings. The zero-order valence-corrected chi connectivity index (χ0v) is 16.2. The number of aryl methyl sites for hydroxylation is 3. The van der Waals surface area contributed by atoms with Gasteiger partial charge in [-0.15, -0.1) is 0 Å². The first kappa shape index (κ1) is 19.2. The van der Waals surface area contributed by atoms with Gasteiger partial charge in [0.05, 0.1) is 12.2 Å². The van der Waals surface area contributed by atoms with E-state index in [2.05, 4.69) is 19.9 Å². The van der Waals surface area contributed by atoms with Crippen LogP contribution in [0.2, 0.25) is 0 Å². The van der Waals surface area contributed by atoms with Gasteiger partial charge in [0.15, 0.2) is 0 Å². The maximum Gasteiger partial charge on any atom is 0.372 e. The number of benzene rings is 2. The third-order valence-electron chi connectivity index (χ3n) is 3.91. The van der Waals surface area contributed by atoms with Crippen molar-refractivity contribution in [2.45, 2.75) is 34.3 Å². The summed E-state index contributed by atoms with van der Waals surface area (Å²) in [4.78, 5) is 11.7. The Labute approximate surface area is 153 Å². The Kier molecular flexibility index (Phi) is 6.76. The summed E-state index contributed by atoms with van der Waals surface area (Å²) in [6.07, 6.45) is 1.68. The van der Waals surface area contributed by atoms with Crippen molar-refractivity contribution in [3.05, 3.63) is 52.6 Å². The Morgan fingerprint density at radius 2 is 1.64 bits per heavy atom. The van der Waals surface area contributed by atoms with Gasteiger partial charge in [-0.25, -0.2) is 4.79 Å². The van der Waals surface area contributed by atoms with E-state index >= 15 is 0 Å². The first-order valence-corrected chi connectivity index (χ1v) is 9.39. The van der Waals surface area contributed by atoms with Crippen molar-refractivity contribution in [3.8, 4) is 17.2 Å². The molecule has 0 bridgehead atoms. The molecule has 0 spiro atoms. The van der Waals surface area contributed by atoms with Crippen LogP contribution in [0.5, 0.6) is 17.2 Å². The van der Waals surface area contributed by atoms with E-state index in [0.717, 1.165) is 28.6 Å². The summed E-state index contributed by atoms with van der Waals surface area (Å²) in [5.41, 5.74) is 4.20. The van der Waals surface area contributed by atoms with E-state index in [1.165, 1.54) is 11.1 Å². The molecule has 0 aliphatic rings. The van der Waals surface area contributed by atoms with E-state index in [4.69, 9.17) is 14.2 Å². The molecule has 0 radical (unpaired) electrons. The first-order valence-electron chi connectivity index (χ1n) is 8.17. The second-order valence-electron chi connectivity index (χ2n) is 5.71. The molecular weight excluding hydrogens is 336 g/mol. The lowest BCUT2D eigenvalue weighted by Crippen LogP contribution is -2.07. The normalized spacial score (nSPS) is 10.4. The highest BCUT2D eigenvalue weighted by Crippen LogP contribution is 2.32. The second-order valence-corrected chi connectivity index (χ2v) is 6.45. The second kappa shape index (κ2) is 8.81. The lowest BCUT2D eigenvalue weighted by Gasteiger charge is -2.17. The molecule has 4 nitrogen and oxygen atoms in total. The summed E-state index contributed by atoms with van der Waals surface area (Å²) in [7, 11) is 0. The number of thioether (sulfide) groups is 1. The minimum absolute atomic E-state index is 0.260. The Bertz CT molecular complexity index is 756. The fourth-order valence-electron chi connectivity index (χ4n) is 2.45. The fourth-order valence-corrected chi connectivity index (χ4v) is 2.62. The highest BCUT2D eigenvalue weighted by atomic mass is 32.2. The molecule has 2 rings (SSSR count). The molecule has 0 amide bonds. The van der Waals surface area contributed by atoms with Gasteiger partial charge >= 0.3 is 5.30 Å². The fraction of sp³-hybridized carbons (Fsp3) is 0.350. The minimum atomic E-state index is -0.364. The largest absolute Gasteiger partial charge is 0.493 e. The number of hydrogen-bond donors (Lipinski definition) is 0. The van der Waals surface area contributed by atoms with E-state index in [1.807, 2.05) is 26.0 Å². The van der Waals surface area contributed by atoms with Crippen molar-refractivity contribution in [2.24, 2.45) is 0 Å². The maximum absolute atomic E-state index is 11.7. The van der Waals surface area contributed by atoms with Crippen LogP contribution in [0.15, 0.2) is 30.3 Å². The Morgan fingerprint density at radius 3 is 2.32 bits per heavy atom. The van der Waals surface area contributed by atoms with Crippen LogP contribution < -0.4 is 14.2 Å². The molecule has 0 saturated carbocycles. The molecule has 0 fully saturated rings. The van der Waals surface area contributed by atoms with Crippen molar-refractivity contribution in [1.29, 1.82) is 0 Å². The molecule has 0 aliphatic heterocycles. The molecule has 0 saturated heterocycles. The van der Waals surface area contributed by atoms with Gasteiger partial charge in [-0.1, -0.05) is 12.1 Å². The standard InChI is InChI=1S/C20H24O4S/c1-6-22-17-8-7-9-18(24-20(21)25-5)16(17)12-23-19-11-14(3)13(2)10-15(19)4/h7-11H,6,12H2,1-5H3. The summed E-state index contributed by atoms with van der Waals surface area (Å²) in [5.74, 6) is 1.94. The third-order valence-corrected chi connectivity index (χ3v) is 4.33. The highest BCUT2D eigenvalue weighted by molar-refractivity contribution is 8.12. The predicted octanol–water partition coefficient (Wildman–Crippen LogP) is 5.45. The smallest absolute Gasteiger partial charge is 0.372 e. The number of ether oxygens (including phenoxy) is 3. The quantitative estimate of drug-likeness (QED) is 0.641. The van der Waals surface area contributed by atoms with Gasteiger partial charge in [-0.3, -0.25) is 0 Å². The number of rotatable bonds is 6. The first-order chi connectivity index (χ1) is 12.0. The van der Waals surface area contributed by atoms with E-state index in [-0.39, 0.29) is 11.9 Å². The summed E-state index contributed by atoms with van der Waals surface area (Å²) in [6.45, 7) is 8.85. The Morgan fingerprint density at radius 1 is 0.960 bits per heavy atom. The maximum atomic E-state index is 11.7. The molecule has 0 aliphatic carbocycles. The van der Waals surface area contributed by atoms with Crippen LogP contribution in [-0.4, -0.2) is 18.2 Å².